The Morgan fingerprint density at radius 2 is 2.00 bits per heavy atom. The highest BCUT2D eigenvalue weighted by Gasteiger charge is 2.10. The molecule has 1 N–H and O–H groups in total. The number of phenolic OH excluding ortho intramolecular Hbond substituents is 1. The van der Waals surface area contributed by atoms with E-state index in [1.165, 1.54) is 5.56 Å². The van der Waals surface area contributed by atoms with E-state index in [0.717, 1.165) is 16.5 Å². The molecule has 1 heterocycles. The summed E-state index contributed by atoms with van der Waals surface area (Å²) >= 11 is 2.25. The summed E-state index contributed by atoms with van der Waals surface area (Å²) in [6.45, 7) is 8.05. The quantitative estimate of drug-likeness (QED) is 0.619. The summed E-state index contributed by atoms with van der Waals surface area (Å²) in [5.74, 6) is 0.324. The zero-order chi connectivity index (χ0) is 12.3. The monoisotopic (exact) mass is 350 g/mol. The third-order valence-corrected chi connectivity index (χ3v) is 4.31. The van der Waals surface area contributed by atoms with E-state index >= 15 is 0 Å². The highest BCUT2D eigenvalue weighted by atomic mass is 127. The van der Waals surface area contributed by atoms with E-state index in [4.69, 9.17) is 0 Å². The normalized spacial score (nSPS) is 10.8. The minimum Gasteiger partial charge on any atom is -0.506 e. The molecular weight excluding hydrogens is 334 g/mol. The van der Waals surface area contributed by atoms with Gasteiger partial charge in [0.25, 0.3) is 0 Å². The molecule has 0 aliphatic carbocycles. The first-order valence-electron chi connectivity index (χ1n) is 5.18. The van der Waals surface area contributed by atoms with Crippen molar-refractivity contribution in [3.63, 3.8) is 0 Å². The molecule has 16 heavy (non-hydrogen) atoms. The molecule has 1 atom stereocenters. The van der Waals surface area contributed by atoms with E-state index in [1.807, 2.05) is 31.4 Å². The minimum absolute atomic E-state index is 0.324. The van der Waals surface area contributed by atoms with Crippen molar-refractivity contribution in [1.82, 2.24) is 9.55 Å². The summed E-state index contributed by atoms with van der Waals surface area (Å²) in [6, 6.07) is 1.80. The van der Waals surface area contributed by atoms with Gasteiger partial charge >= 0.3 is 0 Å². The Kier molecular flexibility index (Phi) is 4.99. The van der Waals surface area contributed by atoms with Crippen LogP contribution in [0.25, 0.3) is 10.9 Å². The lowest BCUT2D eigenvalue weighted by atomic mass is 10.1. The first-order chi connectivity index (χ1) is 7.65. The van der Waals surface area contributed by atoms with Crippen LogP contribution in [0.5, 0.6) is 5.75 Å². The summed E-state index contributed by atoms with van der Waals surface area (Å²) in [6.07, 6.45) is 2.34. The molecule has 0 saturated carbocycles. The van der Waals surface area contributed by atoms with Crippen LogP contribution in [0, 0.1) is 13.8 Å². The predicted octanol–water partition coefficient (Wildman–Crippen LogP) is 4.18. The Morgan fingerprint density at radius 3 is 2.56 bits per heavy atom. The van der Waals surface area contributed by atoms with Crippen LogP contribution < -0.4 is 0 Å². The maximum absolute atomic E-state index is 9.82. The average Bonchev–Trinajstić information content (AvgIpc) is 2.73. The van der Waals surface area contributed by atoms with Crippen LogP contribution in [0.3, 0.4) is 0 Å². The highest BCUT2D eigenvalue weighted by Crippen LogP contribution is 2.35. The second-order valence-corrected chi connectivity index (χ2v) is 5.28. The molecule has 2 aromatic rings. The van der Waals surface area contributed by atoms with Gasteiger partial charge in [-0.25, -0.2) is 4.45 Å². The van der Waals surface area contributed by atoms with E-state index in [1.54, 1.807) is 6.07 Å². The van der Waals surface area contributed by atoms with Crippen LogP contribution >= 0.6 is 28.4 Å². The van der Waals surface area contributed by atoms with Crippen LogP contribution in [0.15, 0.2) is 12.3 Å². The van der Waals surface area contributed by atoms with Crippen molar-refractivity contribution in [1.29, 1.82) is 0 Å². The van der Waals surface area contributed by atoms with Gasteiger partial charge in [-0.3, -0.25) is 0 Å². The standard InChI is InChI=1S/C9H10IN2OP.C2H6/c1-5-3-8(13)9-7(6(5)2)4-11-12(9)14-10;1-2/h3-4,13-14H,1-2H3;1-2H3. The van der Waals surface area contributed by atoms with Crippen molar-refractivity contribution < 1.29 is 5.11 Å². The lowest BCUT2D eigenvalue weighted by Crippen LogP contribution is -1.86. The fourth-order valence-electron chi connectivity index (χ4n) is 1.53. The predicted molar refractivity (Wildman–Crippen MR) is 80.0 cm³/mol. The Labute approximate surface area is 111 Å². The van der Waals surface area contributed by atoms with Crippen molar-refractivity contribution in [3.8, 4) is 5.75 Å². The number of aromatic hydroxyl groups is 1. The van der Waals surface area contributed by atoms with Crippen LogP contribution in [0.2, 0.25) is 0 Å². The number of phenols is 1. The molecule has 0 radical (unpaired) electrons. The van der Waals surface area contributed by atoms with E-state index in [-0.39, 0.29) is 0 Å². The first-order valence-corrected chi connectivity index (χ1v) is 9.25. The van der Waals surface area contributed by atoms with Crippen LogP contribution in [0.4, 0.5) is 0 Å². The Morgan fingerprint density at radius 1 is 1.38 bits per heavy atom. The number of nitrogens with zero attached hydrogens (tertiary/aromatic N) is 2. The summed E-state index contributed by atoms with van der Waals surface area (Å²) < 4.78 is 1.83. The van der Waals surface area contributed by atoms with Gasteiger partial charge in [0.05, 0.1) is 12.6 Å². The second kappa shape index (κ2) is 5.82. The van der Waals surface area contributed by atoms with E-state index in [0.29, 0.717) is 12.1 Å². The van der Waals surface area contributed by atoms with E-state index < -0.39 is 0 Å². The average molecular weight is 350 g/mol. The molecule has 0 aliphatic rings. The summed E-state index contributed by atoms with van der Waals surface area (Å²) in [7, 11) is 0. The molecule has 88 valence electrons. The van der Waals surface area contributed by atoms with Crippen LogP contribution in [-0.2, 0) is 0 Å². The molecule has 0 fully saturated rings. The molecule has 3 nitrogen and oxygen atoms in total. The number of hydrogen-bond acceptors (Lipinski definition) is 2. The molecule has 1 aromatic carbocycles. The number of halogens is 1. The van der Waals surface area contributed by atoms with Crippen molar-refractivity contribution in [2.24, 2.45) is 0 Å². The van der Waals surface area contributed by atoms with Gasteiger partial charge in [-0.2, -0.15) is 5.10 Å². The summed E-state index contributed by atoms with van der Waals surface area (Å²) in [5, 5.41) is 15.1. The molecule has 0 saturated heterocycles. The van der Waals surface area contributed by atoms with Crippen molar-refractivity contribution >= 4 is 39.3 Å². The molecule has 0 amide bonds. The van der Waals surface area contributed by atoms with E-state index in [2.05, 4.69) is 34.1 Å². The molecule has 1 aromatic heterocycles. The van der Waals surface area contributed by atoms with Crippen LogP contribution in [-0.4, -0.2) is 14.7 Å². The molecule has 0 aliphatic heterocycles. The van der Waals surface area contributed by atoms with Gasteiger partial charge in [-0.05, 0) is 53.1 Å². The Balaban J connectivity index is 0.000000606. The lowest BCUT2D eigenvalue weighted by Gasteiger charge is -2.05. The number of aryl methyl sites for hydroxylation is 2. The number of aromatic nitrogens is 2. The number of rotatable bonds is 1. The fraction of sp³-hybridized carbons (Fsp3) is 0.364. The first kappa shape index (κ1) is 13.7. The van der Waals surface area contributed by atoms with Crippen molar-refractivity contribution in [3.05, 3.63) is 23.4 Å². The number of hydrogen-bond donors (Lipinski definition) is 1. The van der Waals surface area contributed by atoms with Crippen LogP contribution in [0.1, 0.15) is 25.0 Å². The van der Waals surface area contributed by atoms with Gasteiger partial charge in [0.2, 0.25) is 0 Å². The van der Waals surface area contributed by atoms with Gasteiger partial charge in [0, 0.05) is 5.39 Å². The molecule has 5 heteroatoms. The van der Waals surface area contributed by atoms with Crippen molar-refractivity contribution in [2.75, 3.05) is 0 Å². The topological polar surface area (TPSA) is 38.1 Å². The van der Waals surface area contributed by atoms with Gasteiger partial charge in [0.1, 0.15) is 11.3 Å². The second-order valence-electron chi connectivity index (χ2n) is 3.24. The minimum atomic E-state index is 0.324. The fourth-order valence-corrected chi connectivity index (χ4v) is 3.05. The zero-order valence-corrected chi connectivity index (χ0v) is 13.0. The highest BCUT2D eigenvalue weighted by molar-refractivity contribution is 14.2. The smallest absolute Gasteiger partial charge is 0.142 e. The molecule has 1 unspecified atom stereocenters. The number of fused-ring (bicyclic) bond motifs is 1. The maximum atomic E-state index is 9.82. The molecule has 0 bridgehead atoms. The lowest BCUT2D eigenvalue weighted by molar-refractivity contribution is 0.479. The van der Waals surface area contributed by atoms with E-state index in [9.17, 15) is 5.11 Å². The zero-order valence-electron chi connectivity index (χ0n) is 9.87. The molecule has 0 spiro atoms. The molecular formula is C11H16IN2OP. The third-order valence-electron chi connectivity index (χ3n) is 2.44. The maximum Gasteiger partial charge on any atom is 0.142 e. The Bertz CT molecular complexity index is 496. The Hall–Kier alpha value is -0.350. The number of benzene rings is 1. The summed E-state index contributed by atoms with van der Waals surface area (Å²) in [5.41, 5.74) is 3.14. The van der Waals surface area contributed by atoms with Gasteiger partial charge in [-0.15, -0.1) is 0 Å². The van der Waals surface area contributed by atoms with Crippen molar-refractivity contribution in [2.45, 2.75) is 27.7 Å². The largest absolute Gasteiger partial charge is 0.506 e. The summed E-state index contributed by atoms with van der Waals surface area (Å²) in [4.78, 5) is 0. The molecule has 2 rings (SSSR count). The van der Waals surface area contributed by atoms with Gasteiger partial charge in [0.15, 0.2) is 0 Å². The SMILES string of the molecule is CC.Cc1cc(O)c2c(cnn2PI)c1C. The van der Waals surface area contributed by atoms with Gasteiger partial charge < -0.3 is 5.11 Å². The van der Waals surface area contributed by atoms with Gasteiger partial charge in [-0.1, -0.05) is 13.8 Å². The third kappa shape index (κ3) is 2.33.